The fourth-order valence-corrected chi connectivity index (χ4v) is 2.98. The average Bonchev–Trinajstić information content (AvgIpc) is 3.15. The van der Waals surface area contributed by atoms with Gasteiger partial charge in [0.2, 0.25) is 0 Å². The molecule has 0 fully saturated rings. The molecule has 3 aromatic heterocycles. The van der Waals surface area contributed by atoms with E-state index in [1.54, 1.807) is 18.5 Å². The Morgan fingerprint density at radius 2 is 2.13 bits per heavy atom. The van der Waals surface area contributed by atoms with Crippen molar-refractivity contribution in [2.75, 3.05) is 0 Å². The quantitative estimate of drug-likeness (QED) is 0.682. The van der Waals surface area contributed by atoms with Crippen LogP contribution >= 0.6 is 11.3 Å². The number of esters is 1. The van der Waals surface area contributed by atoms with Crippen LogP contribution in [0.5, 0.6) is 0 Å². The van der Waals surface area contributed by atoms with Gasteiger partial charge >= 0.3 is 5.97 Å². The van der Waals surface area contributed by atoms with Crippen molar-refractivity contribution in [2.24, 2.45) is 0 Å². The summed E-state index contributed by atoms with van der Waals surface area (Å²) in [7, 11) is 0. The van der Waals surface area contributed by atoms with Crippen LogP contribution in [0.25, 0.3) is 11.0 Å². The van der Waals surface area contributed by atoms with Crippen molar-refractivity contribution < 1.29 is 9.53 Å². The monoisotopic (exact) mass is 330 g/mol. The van der Waals surface area contributed by atoms with Gasteiger partial charge in [-0.1, -0.05) is 0 Å². The van der Waals surface area contributed by atoms with Gasteiger partial charge in [-0.15, -0.1) is 11.3 Å². The Balaban J connectivity index is 1.90. The molecule has 0 saturated carbocycles. The summed E-state index contributed by atoms with van der Waals surface area (Å²) in [5.41, 5.74) is 1.88. The summed E-state index contributed by atoms with van der Waals surface area (Å²) in [4.78, 5) is 21.1. The van der Waals surface area contributed by atoms with E-state index in [4.69, 9.17) is 4.74 Å². The Morgan fingerprint density at radius 1 is 1.35 bits per heavy atom. The van der Waals surface area contributed by atoms with E-state index in [1.807, 2.05) is 37.8 Å². The smallest absolute Gasteiger partial charge is 0.340 e. The van der Waals surface area contributed by atoms with Crippen molar-refractivity contribution >= 4 is 28.3 Å². The van der Waals surface area contributed by atoms with Crippen molar-refractivity contribution in [3.63, 3.8) is 0 Å². The Bertz CT molecular complexity index is 839. The molecule has 0 aliphatic rings. The SMILES string of the molecule is Cc1nc2c(cnn2C(C)C)cc1C(=O)OC(C)c1nccs1. The zero-order chi connectivity index (χ0) is 16.6. The van der Waals surface area contributed by atoms with Crippen LogP contribution in [-0.2, 0) is 4.74 Å². The van der Waals surface area contributed by atoms with Crippen LogP contribution in [0, 0.1) is 6.92 Å². The minimum Gasteiger partial charge on any atom is -0.452 e. The highest BCUT2D eigenvalue weighted by molar-refractivity contribution is 7.09. The molecule has 7 heteroatoms. The molecule has 1 atom stereocenters. The number of rotatable bonds is 4. The zero-order valence-electron chi connectivity index (χ0n) is 13.5. The number of carbonyl (C=O) groups excluding carboxylic acids is 1. The predicted molar refractivity (Wildman–Crippen MR) is 88.6 cm³/mol. The van der Waals surface area contributed by atoms with Gasteiger partial charge in [0.25, 0.3) is 0 Å². The third-order valence-electron chi connectivity index (χ3n) is 3.55. The summed E-state index contributed by atoms with van der Waals surface area (Å²) < 4.78 is 7.35. The van der Waals surface area contributed by atoms with Gasteiger partial charge in [0.1, 0.15) is 5.01 Å². The average molecular weight is 330 g/mol. The summed E-state index contributed by atoms with van der Waals surface area (Å²) in [6.45, 7) is 7.71. The second-order valence-corrected chi connectivity index (χ2v) is 6.56. The third kappa shape index (κ3) is 2.96. The van der Waals surface area contributed by atoms with E-state index in [2.05, 4.69) is 15.1 Å². The highest BCUT2D eigenvalue weighted by Gasteiger charge is 2.20. The first-order valence-corrected chi connectivity index (χ1v) is 8.30. The van der Waals surface area contributed by atoms with Crippen LogP contribution in [0.15, 0.2) is 23.8 Å². The number of pyridine rings is 1. The van der Waals surface area contributed by atoms with Gasteiger partial charge in [0.05, 0.1) is 17.5 Å². The fraction of sp³-hybridized carbons (Fsp3) is 0.375. The number of thiazole rings is 1. The van der Waals surface area contributed by atoms with Gasteiger partial charge in [-0.3, -0.25) is 0 Å². The normalized spacial score (nSPS) is 12.7. The van der Waals surface area contributed by atoms with E-state index in [1.165, 1.54) is 11.3 Å². The maximum absolute atomic E-state index is 12.4. The van der Waals surface area contributed by atoms with E-state index in [-0.39, 0.29) is 12.1 Å². The van der Waals surface area contributed by atoms with Gasteiger partial charge in [-0.05, 0) is 33.8 Å². The highest BCUT2D eigenvalue weighted by atomic mass is 32.1. The first-order chi connectivity index (χ1) is 11.0. The van der Waals surface area contributed by atoms with Gasteiger partial charge in [0.15, 0.2) is 11.8 Å². The molecule has 3 rings (SSSR count). The lowest BCUT2D eigenvalue weighted by Crippen LogP contribution is -2.12. The molecule has 0 saturated heterocycles. The molecule has 0 bridgehead atoms. The van der Waals surface area contributed by atoms with E-state index in [0.29, 0.717) is 11.3 Å². The highest BCUT2D eigenvalue weighted by Crippen LogP contribution is 2.23. The lowest BCUT2D eigenvalue weighted by Gasteiger charge is -2.12. The molecular weight excluding hydrogens is 312 g/mol. The number of nitrogens with zero attached hydrogens (tertiary/aromatic N) is 4. The minimum atomic E-state index is -0.392. The van der Waals surface area contributed by atoms with Crippen LogP contribution in [0.3, 0.4) is 0 Å². The maximum atomic E-state index is 12.4. The van der Waals surface area contributed by atoms with E-state index in [0.717, 1.165) is 16.0 Å². The summed E-state index contributed by atoms with van der Waals surface area (Å²) in [6, 6.07) is 2.00. The second kappa shape index (κ2) is 6.08. The van der Waals surface area contributed by atoms with E-state index >= 15 is 0 Å². The van der Waals surface area contributed by atoms with Crippen molar-refractivity contribution in [1.82, 2.24) is 19.7 Å². The second-order valence-electron chi connectivity index (χ2n) is 5.63. The summed E-state index contributed by atoms with van der Waals surface area (Å²) in [6.07, 6.45) is 3.04. The maximum Gasteiger partial charge on any atom is 0.340 e. The molecule has 0 aromatic carbocycles. The Kier molecular flexibility index (Phi) is 4.12. The first-order valence-electron chi connectivity index (χ1n) is 7.42. The molecule has 0 spiro atoms. The molecule has 6 nitrogen and oxygen atoms in total. The molecule has 3 aromatic rings. The molecule has 0 aliphatic carbocycles. The van der Waals surface area contributed by atoms with Crippen LogP contribution in [0.4, 0.5) is 0 Å². The lowest BCUT2D eigenvalue weighted by molar-refractivity contribution is 0.0336. The zero-order valence-corrected chi connectivity index (χ0v) is 14.3. The van der Waals surface area contributed by atoms with E-state index in [9.17, 15) is 4.79 Å². The molecule has 23 heavy (non-hydrogen) atoms. The van der Waals surface area contributed by atoms with Crippen LogP contribution < -0.4 is 0 Å². The van der Waals surface area contributed by atoms with Gasteiger partial charge in [-0.25, -0.2) is 19.4 Å². The summed E-state index contributed by atoms with van der Waals surface area (Å²) >= 11 is 1.46. The standard InChI is InChI=1S/C16H18N4O2S/c1-9(2)20-14-12(8-18-20)7-13(10(3)19-14)16(21)22-11(4)15-17-5-6-23-15/h5-9,11H,1-4H3. The topological polar surface area (TPSA) is 69.9 Å². The molecule has 0 aliphatic heterocycles. The van der Waals surface area contributed by atoms with Crippen LogP contribution in [0.2, 0.25) is 0 Å². The Morgan fingerprint density at radius 3 is 2.78 bits per heavy atom. The van der Waals surface area contributed by atoms with Crippen LogP contribution in [0.1, 0.15) is 54.0 Å². The third-order valence-corrected chi connectivity index (χ3v) is 4.49. The Labute approximate surface area is 138 Å². The van der Waals surface area contributed by atoms with Crippen molar-refractivity contribution in [1.29, 1.82) is 0 Å². The molecule has 3 heterocycles. The first kappa shape index (κ1) is 15.6. The Hall–Kier alpha value is -2.28. The van der Waals surface area contributed by atoms with Gasteiger partial charge in [-0.2, -0.15) is 5.10 Å². The molecule has 120 valence electrons. The number of aromatic nitrogens is 4. The minimum absolute atomic E-state index is 0.210. The van der Waals surface area contributed by atoms with Gasteiger partial charge < -0.3 is 4.74 Å². The number of aryl methyl sites for hydroxylation is 1. The molecule has 0 N–H and O–H groups in total. The molecule has 0 radical (unpaired) electrons. The van der Waals surface area contributed by atoms with Crippen molar-refractivity contribution in [3.8, 4) is 0 Å². The molecule has 0 amide bonds. The number of hydrogen-bond acceptors (Lipinski definition) is 6. The number of fused-ring (bicyclic) bond motifs is 1. The molecule has 1 unspecified atom stereocenters. The summed E-state index contributed by atoms with van der Waals surface area (Å²) in [5, 5.41) is 7.80. The van der Waals surface area contributed by atoms with Gasteiger partial charge in [0, 0.05) is 23.0 Å². The molecular formula is C16H18N4O2S. The van der Waals surface area contributed by atoms with Crippen LogP contribution in [-0.4, -0.2) is 25.7 Å². The van der Waals surface area contributed by atoms with E-state index < -0.39 is 5.97 Å². The van der Waals surface area contributed by atoms with Crippen molar-refractivity contribution in [2.45, 2.75) is 39.8 Å². The fourth-order valence-electron chi connectivity index (χ4n) is 2.36. The summed E-state index contributed by atoms with van der Waals surface area (Å²) in [5.74, 6) is -0.392. The largest absolute Gasteiger partial charge is 0.452 e. The number of carbonyl (C=O) groups is 1. The number of ether oxygens (including phenoxy) is 1. The lowest BCUT2D eigenvalue weighted by atomic mass is 10.1. The predicted octanol–water partition coefficient (Wildman–Crippen LogP) is 3.70. The number of hydrogen-bond donors (Lipinski definition) is 0. The van der Waals surface area contributed by atoms with Crippen molar-refractivity contribution in [3.05, 3.63) is 40.1 Å².